The van der Waals surface area contributed by atoms with Gasteiger partial charge in [0, 0.05) is 17.7 Å². The predicted molar refractivity (Wildman–Crippen MR) is 126 cm³/mol. The molecule has 3 rings (SSSR count). The number of alkyl halides is 1. The van der Waals surface area contributed by atoms with Crippen molar-refractivity contribution in [2.75, 3.05) is 5.33 Å². The Bertz CT molecular complexity index is 591. The summed E-state index contributed by atoms with van der Waals surface area (Å²) >= 11 is 3.43. The predicted octanol–water partition coefficient (Wildman–Crippen LogP) is 7.10. The molecule has 3 fully saturated rings. The SMILES string of the molecule is CC(=O)C1CC[C@H]2C3CC[C@H](C)C[C@H](OC(=O)CCCCBr)CCC[C@H]3CCC12C. The molecule has 0 saturated heterocycles. The molecule has 3 aliphatic carbocycles. The normalized spacial score (nSPS) is 39.6. The largest absolute Gasteiger partial charge is 0.462 e. The topological polar surface area (TPSA) is 43.4 Å². The maximum absolute atomic E-state index is 12.3. The van der Waals surface area contributed by atoms with Crippen LogP contribution in [0.4, 0.5) is 0 Å². The van der Waals surface area contributed by atoms with E-state index in [4.69, 9.17) is 4.74 Å². The van der Waals surface area contributed by atoms with E-state index < -0.39 is 0 Å². The van der Waals surface area contributed by atoms with Crippen LogP contribution in [0.15, 0.2) is 0 Å². The van der Waals surface area contributed by atoms with E-state index in [1.165, 1.54) is 44.9 Å². The highest BCUT2D eigenvalue weighted by atomic mass is 79.9. The Kier molecular flexibility index (Phi) is 8.87. The van der Waals surface area contributed by atoms with E-state index in [1.807, 2.05) is 6.92 Å². The molecule has 0 heterocycles. The van der Waals surface area contributed by atoms with Gasteiger partial charge in [0.1, 0.15) is 11.9 Å². The van der Waals surface area contributed by atoms with Crippen molar-refractivity contribution in [1.29, 1.82) is 0 Å². The van der Waals surface area contributed by atoms with E-state index in [2.05, 4.69) is 29.8 Å². The van der Waals surface area contributed by atoms with Gasteiger partial charge in [-0.05, 0) is 100 Å². The zero-order valence-corrected chi connectivity index (χ0v) is 21.1. The summed E-state index contributed by atoms with van der Waals surface area (Å²) in [5.41, 5.74) is 0.244. The fourth-order valence-electron chi connectivity index (χ4n) is 7.31. The molecule has 30 heavy (non-hydrogen) atoms. The monoisotopic (exact) mass is 482 g/mol. The smallest absolute Gasteiger partial charge is 0.306 e. The third-order valence-corrected chi connectivity index (χ3v) is 9.46. The lowest BCUT2D eigenvalue weighted by molar-refractivity contribution is -0.150. The molecule has 3 saturated carbocycles. The van der Waals surface area contributed by atoms with Crippen molar-refractivity contribution >= 4 is 27.7 Å². The summed E-state index contributed by atoms with van der Waals surface area (Å²) in [6, 6.07) is 0. The summed E-state index contributed by atoms with van der Waals surface area (Å²) < 4.78 is 5.91. The lowest BCUT2D eigenvalue weighted by atomic mass is 9.55. The maximum Gasteiger partial charge on any atom is 0.306 e. The highest BCUT2D eigenvalue weighted by molar-refractivity contribution is 9.09. The van der Waals surface area contributed by atoms with Gasteiger partial charge in [0.15, 0.2) is 0 Å². The molecule has 3 aliphatic rings. The van der Waals surface area contributed by atoms with E-state index in [1.54, 1.807) is 0 Å². The number of hydrogen-bond donors (Lipinski definition) is 0. The first-order valence-corrected chi connectivity index (χ1v) is 13.7. The molecule has 4 heteroatoms. The standard InChI is InChI=1S/C26H43BrO3/c1-18-10-11-22-20(14-15-26(3)23(19(2)28)12-13-24(22)26)7-6-8-21(17-18)30-25(29)9-4-5-16-27/h18,20-24H,4-17H2,1-3H3/t18-,20-,21+,22?,23?,24-,26?/m0/s1. The summed E-state index contributed by atoms with van der Waals surface area (Å²) in [6.07, 6.45) is 14.5. The molecule has 0 aromatic rings. The number of carbonyl (C=O) groups excluding carboxylic acids is 2. The van der Waals surface area contributed by atoms with Crippen LogP contribution in [0.3, 0.4) is 0 Å². The molecule has 172 valence electrons. The van der Waals surface area contributed by atoms with Gasteiger partial charge in [-0.1, -0.05) is 42.6 Å². The fraction of sp³-hybridized carbons (Fsp3) is 0.923. The van der Waals surface area contributed by atoms with Crippen molar-refractivity contribution in [2.45, 2.75) is 110 Å². The van der Waals surface area contributed by atoms with Gasteiger partial charge in [-0.25, -0.2) is 0 Å². The molecule has 0 radical (unpaired) electrons. The zero-order valence-electron chi connectivity index (χ0n) is 19.5. The minimum atomic E-state index is -0.00208. The number of carbonyl (C=O) groups is 2. The number of unbranched alkanes of at least 4 members (excludes halogenated alkanes) is 1. The van der Waals surface area contributed by atoms with Gasteiger partial charge >= 0.3 is 5.97 Å². The van der Waals surface area contributed by atoms with Crippen LogP contribution >= 0.6 is 15.9 Å². The summed E-state index contributed by atoms with van der Waals surface area (Å²) in [7, 11) is 0. The average molecular weight is 484 g/mol. The van der Waals surface area contributed by atoms with E-state index in [0.29, 0.717) is 24.0 Å². The Morgan fingerprint density at radius 2 is 1.83 bits per heavy atom. The van der Waals surface area contributed by atoms with Gasteiger partial charge in [0.05, 0.1) is 0 Å². The second-order valence-electron chi connectivity index (χ2n) is 10.9. The second kappa shape index (κ2) is 11.0. The first-order valence-electron chi connectivity index (χ1n) is 12.6. The Balaban J connectivity index is 1.60. The van der Waals surface area contributed by atoms with Gasteiger partial charge in [0.25, 0.3) is 0 Å². The third kappa shape index (κ3) is 5.70. The van der Waals surface area contributed by atoms with Crippen LogP contribution in [0.2, 0.25) is 0 Å². The van der Waals surface area contributed by atoms with Crippen LogP contribution in [-0.2, 0) is 14.3 Å². The number of Topliss-reactive ketones (excluding diaryl/α,β-unsaturated/α-hetero) is 1. The fourth-order valence-corrected chi connectivity index (χ4v) is 7.71. The highest BCUT2D eigenvalue weighted by Gasteiger charge is 2.54. The van der Waals surface area contributed by atoms with Crippen molar-refractivity contribution < 1.29 is 14.3 Å². The third-order valence-electron chi connectivity index (χ3n) is 8.90. The lowest BCUT2D eigenvalue weighted by Gasteiger charge is -2.49. The van der Waals surface area contributed by atoms with Gasteiger partial charge in [-0.3, -0.25) is 9.59 Å². The van der Waals surface area contributed by atoms with Crippen molar-refractivity contribution in [2.24, 2.45) is 35.0 Å². The Morgan fingerprint density at radius 1 is 1.03 bits per heavy atom. The summed E-state index contributed by atoms with van der Waals surface area (Å²) in [5.74, 6) is 3.64. The number of hydrogen-bond acceptors (Lipinski definition) is 3. The van der Waals surface area contributed by atoms with Crippen molar-refractivity contribution in [3.05, 3.63) is 0 Å². The Labute approximate surface area is 192 Å². The van der Waals surface area contributed by atoms with E-state index in [-0.39, 0.29) is 17.5 Å². The van der Waals surface area contributed by atoms with E-state index in [9.17, 15) is 9.59 Å². The molecule has 3 nitrogen and oxygen atoms in total. The molecule has 0 aromatic heterocycles. The molecule has 0 N–H and O–H groups in total. The zero-order chi connectivity index (χ0) is 21.7. The van der Waals surface area contributed by atoms with Gasteiger partial charge in [0.2, 0.25) is 0 Å². The summed E-state index contributed by atoms with van der Waals surface area (Å²) in [6.45, 7) is 6.60. The van der Waals surface area contributed by atoms with Crippen LogP contribution in [0.25, 0.3) is 0 Å². The van der Waals surface area contributed by atoms with Crippen LogP contribution in [-0.4, -0.2) is 23.2 Å². The van der Waals surface area contributed by atoms with Gasteiger partial charge < -0.3 is 4.74 Å². The molecule has 7 atom stereocenters. The average Bonchev–Trinajstić information content (AvgIpc) is 3.04. The molecule has 0 aliphatic heterocycles. The van der Waals surface area contributed by atoms with Crippen molar-refractivity contribution in [3.63, 3.8) is 0 Å². The maximum atomic E-state index is 12.3. The minimum absolute atomic E-state index is 0.00208. The first-order chi connectivity index (χ1) is 14.3. The van der Waals surface area contributed by atoms with Gasteiger partial charge in [-0.15, -0.1) is 0 Å². The number of rotatable bonds is 6. The Hall–Kier alpha value is -0.380. The molecule has 3 unspecified atom stereocenters. The minimum Gasteiger partial charge on any atom is -0.462 e. The van der Waals surface area contributed by atoms with Crippen molar-refractivity contribution in [3.8, 4) is 0 Å². The molecule has 0 aromatic carbocycles. The summed E-state index contributed by atoms with van der Waals surface area (Å²) in [4.78, 5) is 24.6. The molecular weight excluding hydrogens is 440 g/mol. The Morgan fingerprint density at radius 3 is 2.57 bits per heavy atom. The summed E-state index contributed by atoms with van der Waals surface area (Å²) in [5, 5.41) is 0.955. The number of ether oxygens (including phenoxy) is 1. The van der Waals surface area contributed by atoms with Crippen LogP contribution in [0.1, 0.15) is 104 Å². The number of fused-ring (bicyclic) bond motifs is 3. The van der Waals surface area contributed by atoms with E-state index >= 15 is 0 Å². The van der Waals surface area contributed by atoms with Crippen LogP contribution < -0.4 is 0 Å². The molecule has 0 spiro atoms. The second-order valence-corrected chi connectivity index (χ2v) is 11.7. The highest BCUT2D eigenvalue weighted by Crippen LogP contribution is 2.60. The van der Waals surface area contributed by atoms with Gasteiger partial charge in [-0.2, -0.15) is 0 Å². The quantitative estimate of drug-likeness (QED) is 0.230. The molecule has 0 bridgehead atoms. The number of ketones is 1. The molecular formula is C26H43BrO3. The first kappa shape index (κ1) is 24.3. The lowest BCUT2D eigenvalue weighted by Crippen LogP contribution is -2.43. The van der Waals surface area contributed by atoms with Crippen LogP contribution in [0, 0.1) is 35.0 Å². The van der Waals surface area contributed by atoms with E-state index in [0.717, 1.165) is 55.2 Å². The molecule has 0 amide bonds. The number of esters is 1. The number of halogens is 1. The van der Waals surface area contributed by atoms with Crippen molar-refractivity contribution in [1.82, 2.24) is 0 Å². The van der Waals surface area contributed by atoms with Crippen LogP contribution in [0.5, 0.6) is 0 Å².